The van der Waals surface area contributed by atoms with Crippen molar-refractivity contribution in [3.8, 4) is 0 Å². The second-order valence-corrected chi connectivity index (χ2v) is 6.56. The van der Waals surface area contributed by atoms with Crippen molar-refractivity contribution >= 4 is 35.4 Å². The average Bonchev–Trinajstić information content (AvgIpc) is 2.67. The molecule has 0 fully saturated rings. The Kier molecular flexibility index (Phi) is 6.29. The summed E-state index contributed by atoms with van der Waals surface area (Å²) in [5.74, 6) is 0.00817. The van der Waals surface area contributed by atoms with Gasteiger partial charge >= 0.3 is 0 Å². The third-order valence-corrected chi connectivity index (χ3v) is 4.32. The fourth-order valence-electron chi connectivity index (χ4n) is 3.07. The lowest BCUT2D eigenvalue weighted by atomic mass is 10.0. The number of fused-ring (bicyclic) bond motifs is 1. The van der Waals surface area contributed by atoms with Crippen LogP contribution in [0.4, 0.5) is 11.4 Å². The third kappa shape index (κ3) is 5.34. The van der Waals surface area contributed by atoms with E-state index >= 15 is 0 Å². The molecular weight excluding hydrogens is 354 g/mol. The summed E-state index contributed by atoms with van der Waals surface area (Å²) >= 11 is 0. The molecule has 7 nitrogen and oxygen atoms in total. The number of hydrogen-bond donors (Lipinski definition) is 5. The molecule has 1 unspecified atom stereocenters. The van der Waals surface area contributed by atoms with E-state index < -0.39 is 6.35 Å². The molecule has 6 N–H and O–H groups in total. The minimum atomic E-state index is -1.10. The first-order valence-electron chi connectivity index (χ1n) is 9.18. The van der Waals surface area contributed by atoms with Gasteiger partial charge in [0, 0.05) is 18.3 Å². The number of carbonyl (C=O) groups is 1. The van der Waals surface area contributed by atoms with Crippen LogP contribution in [0.3, 0.4) is 0 Å². The Balaban J connectivity index is 1.57. The number of carbonyl (C=O) groups excluding carboxylic acids is 1. The summed E-state index contributed by atoms with van der Waals surface area (Å²) in [4.78, 5) is 15.4. The van der Waals surface area contributed by atoms with E-state index in [0.29, 0.717) is 17.9 Å². The van der Waals surface area contributed by atoms with Gasteiger partial charge in [-0.25, -0.2) is 4.99 Å². The molecule has 28 heavy (non-hydrogen) atoms. The molecular formula is C21H25N5O2. The maximum Gasteiger partial charge on any atom is 0.221 e. The molecule has 1 aliphatic carbocycles. The van der Waals surface area contributed by atoms with E-state index in [1.54, 1.807) is 24.3 Å². The zero-order chi connectivity index (χ0) is 19.9. The van der Waals surface area contributed by atoms with Crippen molar-refractivity contribution in [2.75, 3.05) is 10.6 Å². The van der Waals surface area contributed by atoms with Gasteiger partial charge in [-0.2, -0.15) is 0 Å². The SMILES string of the molecule is CC(=O)Nc1ccc(NC(O)NC(N)=NCc2cccc3c2=CCCC=3)cc1. The van der Waals surface area contributed by atoms with Crippen LogP contribution >= 0.6 is 0 Å². The largest absolute Gasteiger partial charge is 0.370 e. The number of nitrogens with one attached hydrogen (secondary N) is 3. The summed E-state index contributed by atoms with van der Waals surface area (Å²) in [6, 6.07) is 13.1. The summed E-state index contributed by atoms with van der Waals surface area (Å²) in [7, 11) is 0. The molecule has 1 aliphatic rings. The van der Waals surface area contributed by atoms with Gasteiger partial charge in [-0.1, -0.05) is 30.4 Å². The van der Waals surface area contributed by atoms with Gasteiger partial charge in [0.1, 0.15) is 0 Å². The molecule has 0 bridgehead atoms. The van der Waals surface area contributed by atoms with E-state index in [1.165, 1.54) is 17.4 Å². The monoisotopic (exact) mass is 379 g/mol. The Morgan fingerprint density at radius 1 is 1.14 bits per heavy atom. The summed E-state index contributed by atoms with van der Waals surface area (Å²) in [6.07, 6.45) is 5.46. The molecule has 2 aromatic carbocycles. The van der Waals surface area contributed by atoms with Gasteiger partial charge in [0.05, 0.1) is 6.54 Å². The van der Waals surface area contributed by atoms with Gasteiger partial charge in [-0.3, -0.25) is 4.79 Å². The van der Waals surface area contributed by atoms with E-state index in [-0.39, 0.29) is 11.9 Å². The molecule has 1 amide bonds. The number of aliphatic imine (C=N–C) groups is 1. The van der Waals surface area contributed by atoms with Crippen LogP contribution in [-0.2, 0) is 11.3 Å². The van der Waals surface area contributed by atoms with Crippen LogP contribution in [-0.4, -0.2) is 23.3 Å². The topological polar surface area (TPSA) is 112 Å². The first-order chi connectivity index (χ1) is 13.5. The number of aliphatic hydroxyl groups is 1. The highest BCUT2D eigenvalue weighted by Crippen LogP contribution is 2.13. The predicted octanol–water partition coefficient (Wildman–Crippen LogP) is 0.792. The summed E-state index contributed by atoms with van der Waals surface area (Å²) in [6.45, 7) is 1.88. The van der Waals surface area contributed by atoms with Crippen LogP contribution in [0.5, 0.6) is 0 Å². The van der Waals surface area contributed by atoms with Crippen LogP contribution in [0.2, 0.25) is 0 Å². The number of nitrogens with zero attached hydrogens (tertiary/aromatic N) is 1. The van der Waals surface area contributed by atoms with Gasteiger partial charge in [0.25, 0.3) is 0 Å². The van der Waals surface area contributed by atoms with E-state index in [1.807, 2.05) is 12.1 Å². The summed E-state index contributed by atoms with van der Waals surface area (Å²) in [5, 5.41) is 20.8. The van der Waals surface area contributed by atoms with Gasteiger partial charge in [0.2, 0.25) is 12.3 Å². The van der Waals surface area contributed by atoms with Crippen molar-refractivity contribution in [3.05, 3.63) is 58.5 Å². The molecule has 0 aliphatic heterocycles. The smallest absolute Gasteiger partial charge is 0.221 e. The summed E-state index contributed by atoms with van der Waals surface area (Å²) < 4.78 is 0. The minimum Gasteiger partial charge on any atom is -0.370 e. The second-order valence-electron chi connectivity index (χ2n) is 6.56. The predicted molar refractivity (Wildman–Crippen MR) is 113 cm³/mol. The van der Waals surface area contributed by atoms with Crippen molar-refractivity contribution in [2.24, 2.45) is 10.7 Å². The highest BCUT2D eigenvalue weighted by atomic mass is 16.3. The molecule has 0 saturated heterocycles. The maximum atomic E-state index is 11.0. The van der Waals surface area contributed by atoms with Crippen molar-refractivity contribution in [1.29, 1.82) is 0 Å². The zero-order valence-corrected chi connectivity index (χ0v) is 15.8. The average molecular weight is 379 g/mol. The Bertz CT molecular complexity index is 983. The number of rotatable bonds is 6. The fraction of sp³-hybridized carbons (Fsp3) is 0.238. The Labute approximate surface area is 163 Å². The van der Waals surface area contributed by atoms with Crippen LogP contribution in [0.15, 0.2) is 47.5 Å². The van der Waals surface area contributed by atoms with Crippen LogP contribution < -0.4 is 32.1 Å². The molecule has 1 atom stereocenters. The van der Waals surface area contributed by atoms with Crippen molar-refractivity contribution in [2.45, 2.75) is 32.7 Å². The van der Waals surface area contributed by atoms with Gasteiger partial charge in [-0.05, 0) is 53.1 Å². The lowest BCUT2D eigenvalue weighted by Gasteiger charge is -2.16. The normalized spacial score (nSPS) is 14.1. The van der Waals surface area contributed by atoms with Crippen LogP contribution in [0, 0.1) is 0 Å². The molecule has 0 heterocycles. The quantitative estimate of drug-likeness (QED) is 0.289. The molecule has 146 valence electrons. The molecule has 2 aromatic rings. The molecule has 0 saturated carbocycles. The van der Waals surface area contributed by atoms with E-state index in [0.717, 1.165) is 18.4 Å². The van der Waals surface area contributed by atoms with Crippen molar-refractivity contribution in [3.63, 3.8) is 0 Å². The second kappa shape index (κ2) is 9.05. The lowest BCUT2D eigenvalue weighted by molar-refractivity contribution is -0.114. The highest BCUT2D eigenvalue weighted by Gasteiger charge is 2.05. The highest BCUT2D eigenvalue weighted by molar-refractivity contribution is 5.88. The fourth-order valence-corrected chi connectivity index (χ4v) is 3.07. The zero-order valence-electron chi connectivity index (χ0n) is 15.8. The van der Waals surface area contributed by atoms with E-state index in [2.05, 4.69) is 39.2 Å². The van der Waals surface area contributed by atoms with Crippen LogP contribution in [0.25, 0.3) is 12.2 Å². The molecule has 3 rings (SSSR count). The van der Waals surface area contributed by atoms with Gasteiger partial charge in [0.15, 0.2) is 5.96 Å². The number of hydrogen-bond acceptors (Lipinski definition) is 4. The Morgan fingerprint density at radius 2 is 1.86 bits per heavy atom. The minimum absolute atomic E-state index is 0.137. The molecule has 7 heteroatoms. The summed E-state index contributed by atoms with van der Waals surface area (Å²) in [5.41, 5.74) is 8.36. The first-order valence-corrected chi connectivity index (χ1v) is 9.18. The Hall–Kier alpha value is -3.32. The van der Waals surface area contributed by atoms with E-state index in [9.17, 15) is 9.90 Å². The van der Waals surface area contributed by atoms with Crippen LogP contribution in [0.1, 0.15) is 25.3 Å². The number of guanidine groups is 1. The first kappa shape index (κ1) is 19.4. The standard InChI is InChI=1S/C21H25N5O2/c1-14(27)24-17-9-11-18(12-10-17)25-21(28)26-20(22)23-13-16-7-4-6-15-5-2-3-8-19(15)16/h4-12,21,25,28H,2-3,13H2,1H3,(H,24,27)(H3,22,23,26). The number of anilines is 2. The van der Waals surface area contributed by atoms with E-state index in [4.69, 9.17) is 5.73 Å². The van der Waals surface area contributed by atoms with Gasteiger partial charge in [-0.15, -0.1) is 0 Å². The van der Waals surface area contributed by atoms with Gasteiger partial charge < -0.3 is 26.8 Å². The van der Waals surface area contributed by atoms with Crippen molar-refractivity contribution < 1.29 is 9.90 Å². The molecule has 0 aromatic heterocycles. The lowest BCUT2D eigenvalue weighted by Crippen LogP contribution is -2.44. The number of benzene rings is 2. The molecule has 0 spiro atoms. The number of amides is 1. The van der Waals surface area contributed by atoms with Crippen molar-refractivity contribution in [1.82, 2.24) is 5.32 Å². The number of nitrogens with two attached hydrogens (primary N) is 1. The molecule has 0 radical (unpaired) electrons. The number of aliphatic hydroxyl groups excluding tert-OH is 1. The third-order valence-electron chi connectivity index (χ3n) is 4.32. The maximum absolute atomic E-state index is 11.0. The Morgan fingerprint density at radius 3 is 2.61 bits per heavy atom.